The summed E-state index contributed by atoms with van der Waals surface area (Å²) in [6.45, 7) is 3.23. The highest BCUT2D eigenvalue weighted by atomic mass is 79.9. The summed E-state index contributed by atoms with van der Waals surface area (Å²) in [7, 11) is 2.19. The van der Waals surface area contributed by atoms with Crippen LogP contribution in [-0.4, -0.2) is 31.6 Å². The largest absolute Gasteiger partial charge is 0.493 e. The van der Waals surface area contributed by atoms with Crippen molar-refractivity contribution in [3.05, 3.63) is 28.7 Å². The first-order valence-corrected chi connectivity index (χ1v) is 6.60. The monoisotopic (exact) mass is 319 g/mol. The molecule has 0 bridgehead atoms. The highest BCUT2D eigenvalue weighted by Crippen LogP contribution is 2.19. The third-order valence-electron chi connectivity index (χ3n) is 3.02. The van der Waals surface area contributed by atoms with Crippen LogP contribution in [0.15, 0.2) is 28.7 Å². The summed E-state index contributed by atoms with van der Waals surface area (Å²) in [4.78, 5) is 2.39. The van der Waals surface area contributed by atoms with Crippen molar-refractivity contribution in [1.29, 1.82) is 0 Å². The lowest BCUT2D eigenvalue weighted by Gasteiger charge is -2.29. The summed E-state index contributed by atoms with van der Waals surface area (Å²) in [6, 6.07) is 8.05. The number of hydrogen-bond acceptors (Lipinski definition) is 2. The molecule has 0 aromatic heterocycles. The molecule has 0 saturated carbocycles. The minimum Gasteiger partial charge on any atom is -0.493 e. The minimum atomic E-state index is 0. The van der Waals surface area contributed by atoms with Gasteiger partial charge in [0.25, 0.3) is 0 Å². The highest BCUT2D eigenvalue weighted by molar-refractivity contribution is 9.10. The van der Waals surface area contributed by atoms with E-state index in [1.807, 2.05) is 24.3 Å². The molecule has 1 aromatic carbocycles. The quantitative estimate of drug-likeness (QED) is 0.844. The van der Waals surface area contributed by atoms with Gasteiger partial charge in [0, 0.05) is 16.9 Å². The molecule has 0 amide bonds. The van der Waals surface area contributed by atoms with Crippen molar-refractivity contribution in [2.75, 3.05) is 26.7 Å². The molecule has 1 unspecified atom stereocenters. The van der Waals surface area contributed by atoms with E-state index in [1.54, 1.807) is 0 Å². The van der Waals surface area contributed by atoms with Crippen molar-refractivity contribution in [3.8, 4) is 5.75 Å². The van der Waals surface area contributed by atoms with Crippen LogP contribution in [0.4, 0.5) is 0 Å². The number of likely N-dealkylation sites (tertiary alicyclic amines) is 1. The highest BCUT2D eigenvalue weighted by Gasteiger charge is 2.17. The van der Waals surface area contributed by atoms with Crippen molar-refractivity contribution in [2.24, 2.45) is 5.92 Å². The molecule has 2 nitrogen and oxygen atoms in total. The fraction of sp³-hybridized carbons (Fsp3) is 0.538. The molecule has 17 heavy (non-hydrogen) atoms. The molecule has 1 saturated heterocycles. The summed E-state index contributed by atoms with van der Waals surface area (Å²) < 4.78 is 6.90. The lowest BCUT2D eigenvalue weighted by molar-refractivity contribution is 0.150. The maximum Gasteiger partial charge on any atom is 0.119 e. The van der Waals surface area contributed by atoms with Crippen molar-refractivity contribution in [1.82, 2.24) is 4.90 Å². The summed E-state index contributed by atoms with van der Waals surface area (Å²) >= 11 is 3.42. The molecular formula is C13H19BrClNO. The predicted octanol–water partition coefficient (Wildman–Crippen LogP) is 3.59. The lowest BCUT2D eigenvalue weighted by atomic mass is 10.00. The van der Waals surface area contributed by atoms with Crippen LogP contribution in [0.5, 0.6) is 5.75 Å². The van der Waals surface area contributed by atoms with Crippen LogP contribution in [0, 0.1) is 5.92 Å². The number of hydrogen-bond donors (Lipinski definition) is 0. The number of halogens is 2. The van der Waals surface area contributed by atoms with E-state index in [2.05, 4.69) is 27.9 Å². The van der Waals surface area contributed by atoms with Crippen LogP contribution in [0.3, 0.4) is 0 Å². The molecule has 1 aliphatic heterocycles. The van der Waals surface area contributed by atoms with E-state index in [0.717, 1.165) is 23.4 Å². The number of nitrogens with zero attached hydrogens (tertiary/aromatic N) is 1. The first-order valence-electron chi connectivity index (χ1n) is 5.81. The molecule has 0 spiro atoms. The Labute approximate surface area is 118 Å². The van der Waals surface area contributed by atoms with Crippen molar-refractivity contribution in [2.45, 2.75) is 12.8 Å². The summed E-state index contributed by atoms with van der Waals surface area (Å²) in [5, 5.41) is 0. The molecule has 1 aliphatic rings. The van der Waals surface area contributed by atoms with E-state index in [1.165, 1.54) is 19.4 Å². The van der Waals surface area contributed by atoms with Gasteiger partial charge < -0.3 is 9.64 Å². The third-order valence-corrected chi connectivity index (χ3v) is 3.55. The molecule has 0 aliphatic carbocycles. The van der Waals surface area contributed by atoms with Gasteiger partial charge in [0.1, 0.15) is 5.75 Å². The van der Waals surface area contributed by atoms with E-state index in [-0.39, 0.29) is 12.4 Å². The fourth-order valence-electron chi connectivity index (χ4n) is 2.15. The summed E-state index contributed by atoms with van der Waals surface area (Å²) in [5.74, 6) is 1.65. The zero-order valence-corrected chi connectivity index (χ0v) is 12.5. The van der Waals surface area contributed by atoms with Crippen LogP contribution in [-0.2, 0) is 0 Å². The van der Waals surface area contributed by atoms with Gasteiger partial charge in [-0.3, -0.25) is 0 Å². The average molecular weight is 321 g/mol. The molecule has 1 fully saturated rings. The standard InChI is InChI=1S/C13H18BrNO.ClH/c1-15-8-2-3-11(9-15)10-16-13-6-4-12(14)5-7-13;/h4-7,11H,2-3,8-10H2,1H3;1H. The Morgan fingerprint density at radius 3 is 2.71 bits per heavy atom. The fourth-order valence-corrected chi connectivity index (χ4v) is 2.42. The van der Waals surface area contributed by atoms with Gasteiger partial charge in [0.2, 0.25) is 0 Å². The number of benzene rings is 1. The van der Waals surface area contributed by atoms with E-state index < -0.39 is 0 Å². The van der Waals surface area contributed by atoms with E-state index in [0.29, 0.717) is 5.92 Å². The number of ether oxygens (including phenoxy) is 1. The van der Waals surface area contributed by atoms with Gasteiger partial charge in [0.15, 0.2) is 0 Å². The molecule has 2 rings (SSSR count). The maximum absolute atomic E-state index is 5.80. The summed E-state index contributed by atoms with van der Waals surface area (Å²) in [6.07, 6.45) is 2.59. The first kappa shape index (κ1) is 14.8. The molecule has 1 heterocycles. The Morgan fingerprint density at radius 2 is 2.06 bits per heavy atom. The Bertz CT molecular complexity index is 331. The minimum absolute atomic E-state index is 0. The van der Waals surface area contributed by atoms with Gasteiger partial charge in [-0.1, -0.05) is 15.9 Å². The summed E-state index contributed by atoms with van der Waals surface area (Å²) in [5.41, 5.74) is 0. The Balaban J connectivity index is 0.00000144. The van der Waals surface area contributed by atoms with Crippen LogP contribution in [0.1, 0.15) is 12.8 Å². The van der Waals surface area contributed by atoms with Crippen LogP contribution in [0.2, 0.25) is 0 Å². The molecule has 0 radical (unpaired) electrons. The van der Waals surface area contributed by atoms with E-state index in [9.17, 15) is 0 Å². The van der Waals surface area contributed by atoms with Crippen LogP contribution in [0.25, 0.3) is 0 Å². The topological polar surface area (TPSA) is 12.5 Å². The van der Waals surface area contributed by atoms with E-state index >= 15 is 0 Å². The van der Waals surface area contributed by atoms with Crippen LogP contribution < -0.4 is 4.74 Å². The zero-order chi connectivity index (χ0) is 11.4. The normalized spacial score (nSPS) is 20.7. The second-order valence-corrected chi connectivity index (χ2v) is 5.45. The molecule has 1 atom stereocenters. The number of rotatable bonds is 3. The van der Waals surface area contributed by atoms with Crippen molar-refractivity contribution in [3.63, 3.8) is 0 Å². The predicted molar refractivity (Wildman–Crippen MR) is 77.1 cm³/mol. The average Bonchev–Trinajstić information content (AvgIpc) is 2.28. The van der Waals surface area contributed by atoms with Gasteiger partial charge in [-0.25, -0.2) is 0 Å². The van der Waals surface area contributed by atoms with Gasteiger partial charge in [-0.05, 0) is 50.7 Å². The van der Waals surface area contributed by atoms with Crippen molar-refractivity contribution >= 4 is 28.3 Å². The van der Waals surface area contributed by atoms with Crippen molar-refractivity contribution < 1.29 is 4.74 Å². The second kappa shape index (κ2) is 7.24. The molecule has 0 N–H and O–H groups in total. The number of piperidine rings is 1. The molecule has 4 heteroatoms. The Kier molecular flexibility index (Phi) is 6.31. The molecular weight excluding hydrogens is 302 g/mol. The third kappa shape index (κ3) is 4.86. The van der Waals surface area contributed by atoms with Crippen LogP contribution >= 0.6 is 28.3 Å². The Hall–Kier alpha value is -0.250. The smallest absolute Gasteiger partial charge is 0.119 e. The Morgan fingerprint density at radius 1 is 1.35 bits per heavy atom. The van der Waals surface area contributed by atoms with Gasteiger partial charge in [-0.15, -0.1) is 12.4 Å². The first-order chi connectivity index (χ1) is 7.74. The maximum atomic E-state index is 5.80. The molecule has 96 valence electrons. The van der Waals surface area contributed by atoms with E-state index in [4.69, 9.17) is 4.74 Å². The lowest BCUT2D eigenvalue weighted by Crippen LogP contribution is -2.34. The van der Waals surface area contributed by atoms with Gasteiger partial charge >= 0.3 is 0 Å². The van der Waals surface area contributed by atoms with Gasteiger partial charge in [0.05, 0.1) is 6.61 Å². The molecule has 1 aromatic rings. The second-order valence-electron chi connectivity index (χ2n) is 4.54. The van der Waals surface area contributed by atoms with Gasteiger partial charge in [-0.2, -0.15) is 0 Å². The zero-order valence-electron chi connectivity index (χ0n) is 10.1. The SMILES string of the molecule is CN1CCCC(COc2ccc(Br)cc2)C1.Cl.